The molecule has 11 heteroatoms. The molecule has 0 bridgehead atoms. The van der Waals surface area contributed by atoms with Crippen molar-refractivity contribution < 1.29 is 14.1 Å². The molecular weight excluding hydrogens is 415 g/mol. The van der Waals surface area contributed by atoms with E-state index in [9.17, 15) is 19.3 Å². The molecule has 0 aliphatic rings. The first-order chi connectivity index (χ1) is 14.1. The van der Waals surface area contributed by atoms with Crippen LogP contribution < -0.4 is 5.32 Å². The molecule has 9 nitrogen and oxygen atoms in total. The van der Waals surface area contributed by atoms with Crippen LogP contribution in [0.3, 0.4) is 0 Å². The monoisotopic (exact) mass is 434 g/mol. The third kappa shape index (κ3) is 4.04. The van der Waals surface area contributed by atoms with Gasteiger partial charge in [-0.05, 0) is 44.8 Å². The van der Waals surface area contributed by atoms with E-state index >= 15 is 0 Å². The van der Waals surface area contributed by atoms with Crippen molar-refractivity contribution in [2.45, 2.75) is 40.3 Å². The Morgan fingerprint density at radius 3 is 2.63 bits per heavy atom. The van der Waals surface area contributed by atoms with Crippen molar-refractivity contribution >= 4 is 29.0 Å². The molecule has 0 aliphatic heterocycles. The predicted molar refractivity (Wildman–Crippen MR) is 109 cm³/mol. The Labute approximate surface area is 176 Å². The van der Waals surface area contributed by atoms with Gasteiger partial charge in [-0.25, -0.2) is 4.39 Å². The van der Waals surface area contributed by atoms with E-state index in [1.807, 2.05) is 0 Å². The van der Waals surface area contributed by atoms with Crippen LogP contribution in [0.5, 0.6) is 0 Å². The van der Waals surface area contributed by atoms with Crippen LogP contribution >= 0.6 is 11.6 Å². The fraction of sp³-hybridized carbons (Fsp3) is 0.316. The number of rotatable bonds is 6. The highest BCUT2D eigenvalue weighted by atomic mass is 35.5. The van der Waals surface area contributed by atoms with Crippen molar-refractivity contribution in [2.24, 2.45) is 0 Å². The van der Waals surface area contributed by atoms with Crippen molar-refractivity contribution in [3.8, 4) is 0 Å². The summed E-state index contributed by atoms with van der Waals surface area (Å²) in [6.07, 6.45) is 0. The van der Waals surface area contributed by atoms with Crippen LogP contribution in [0.1, 0.15) is 35.6 Å². The van der Waals surface area contributed by atoms with E-state index in [0.29, 0.717) is 28.3 Å². The molecule has 3 rings (SSSR count). The summed E-state index contributed by atoms with van der Waals surface area (Å²) in [6.45, 7) is 6.80. The first kappa shape index (κ1) is 21.4. The molecule has 1 N–H and O–H groups in total. The summed E-state index contributed by atoms with van der Waals surface area (Å²) >= 11 is 6.10. The molecule has 158 valence electrons. The Kier molecular flexibility index (Phi) is 5.88. The summed E-state index contributed by atoms with van der Waals surface area (Å²) in [7, 11) is 0. The first-order valence-corrected chi connectivity index (χ1v) is 9.46. The summed E-state index contributed by atoms with van der Waals surface area (Å²) in [5, 5.41) is 22.3. The second kappa shape index (κ2) is 8.23. The molecule has 2 heterocycles. The third-order valence-electron chi connectivity index (χ3n) is 4.84. The zero-order chi connectivity index (χ0) is 22.2. The van der Waals surface area contributed by atoms with Gasteiger partial charge in [0, 0.05) is 10.6 Å². The van der Waals surface area contributed by atoms with Crippen LogP contribution in [0.4, 0.5) is 15.9 Å². The van der Waals surface area contributed by atoms with Crippen molar-refractivity contribution in [3.63, 3.8) is 0 Å². The van der Waals surface area contributed by atoms with Crippen molar-refractivity contribution in [2.75, 3.05) is 5.32 Å². The van der Waals surface area contributed by atoms with Gasteiger partial charge in [0.25, 0.3) is 5.91 Å². The molecule has 1 unspecified atom stereocenters. The number of nitrogens with one attached hydrogen (secondary N) is 1. The second-order valence-corrected chi connectivity index (χ2v) is 7.32. The van der Waals surface area contributed by atoms with E-state index in [-0.39, 0.29) is 17.4 Å². The lowest BCUT2D eigenvalue weighted by Gasteiger charge is -2.12. The van der Waals surface area contributed by atoms with Gasteiger partial charge < -0.3 is 15.4 Å². The molecule has 0 spiro atoms. The Morgan fingerprint density at radius 2 is 2.03 bits per heavy atom. The highest BCUT2D eigenvalue weighted by molar-refractivity contribution is 6.31. The zero-order valence-electron chi connectivity index (χ0n) is 16.8. The maximum Gasteiger partial charge on any atom is 0.390 e. The fourth-order valence-corrected chi connectivity index (χ4v) is 3.38. The lowest BCUT2D eigenvalue weighted by Crippen LogP contribution is -2.25. The van der Waals surface area contributed by atoms with Crippen molar-refractivity contribution in [3.05, 3.63) is 67.9 Å². The maximum absolute atomic E-state index is 14.1. The van der Waals surface area contributed by atoms with Crippen molar-refractivity contribution in [1.82, 2.24) is 19.6 Å². The standard InChI is InChI=1S/C19H20ClFN6O3/c1-10-8-17(27(29)30)24-26(10)13(4)19(28)22-18-11(2)23-25(12(18)3)9-14-15(20)6-5-7-16(14)21/h5-8,13H,9H2,1-4H3,(H,22,28). The van der Waals surface area contributed by atoms with Crippen LogP contribution in [0.15, 0.2) is 24.3 Å². The van der Waals surface area contributed by atoms with Crippen LogP contribution in [-0.2, 0) is 11.3 Å². The van der Waals surface area contributed by atoms with Gasteiger partial charge >= 0.3 is 5.82 Å². The maximum atomic E-state index is 14.1. The Balaban J connectivity index is 1.83. The summed E-state index contributed by atoms with van der Waals surface area (Å²) in [5.41, 5.74) is 2.44. The van der Waals surface area contributed by atoms with Gasteiger partial charge in [0.15, 0.2) is 0 Å². The molecule has 0 aliphatic carbocycles. The first-order valence-electron chi connectivity index (χ1n) is 9.08. The summed E-state index contributed by atoms with van der Waals surface area (Å²) < 4.78 is 17.0. The van der Waals surface area contributed by atoms with Crippen LogP contribution in [0, 0.1) is 36.7 Å². The summed E-state index contributed by atoms with van der Waals surface area (Å²) in [4.78, 5) is 23.1. The van der Waals surface area contributed by atoms with Gasteiger partial charge in [0.1, 0.15) is 11.9 Å². The number of anilines is 1. The van der Waals surface area contributed by atoms with E-state index in [2.05, 4.69) is 15.5 Å². The molecule has 1 atom stereocenters. The molecule has 3 aromatic rings. The zero-order valence-corrected chi connectivity index (χ0v) is 17.6. The number of nitro groups is 1. The van der Waals surface area contributed by atoms with Gasteiger partial charge in [-0.2, -0.15) is 9.78 Å². The van der Waals surface area contributed by atoms with E-state index in [4.69, 9.17) is 11.6 Å². The quantitative estimate of drug-likeness (QED) is 0.466. The molecule has 2 aromatic heterocycles. The number of carbonyl (C=O) groups excluding carboxylic acids is 1. The molecule has 0 saturated heterocycles. The summed E-state index contributed by atoms with van der Waals surface area (Å²) in [5.74, 6) is -1.18. The fourth-order valence-electron chi connectivity index (χ4n) is 3.16. The van der Waals surface area contributed by atoms with Gasteiger partial charge in [0.05, 0.1) is 40.5 Å². The Bertz CT molecular complexity index is 1120. The van der Waals surface area contributed by atoms with Gasteiger partial charge in [-0.1, -0.05) is 17.7 Å². The molecule has 1 aromatic carbocycles. The van der Waals surface area contributed by atoms with Crippen LogP contribution in [-0.4, -0.2) is 30.4 Å². The number of aryl methyl sites for hydroxylation is 2. The lowest BCUT2D eigenvalue weighted by molar-refractivity contribution is -0.389. The minimum Gasteiger partial charge on any atom is -0.358 e. The average molecular weight is 435 g/mol. The number of amides is 1. The Hall–Kier alpha value is -3.27. The predicted octanol–water partition coefficient (Wildman–Crippen LogP) is 3.95. The van der Waals surface area contributed by atoms with Crippen LogP contribution in [0.25, 0.3) is 0 Å². The van der Waals surface area contributed by atoms with Crippen LogP contribution in [0.2, 0.25) is 5.02 Å². The second-order valence-electron chi connectivity index (χ2n) is 6.91. The summed E-state index contributed by atoms with van der Waals surface area (Å²) in [6, 6.07) is 4.96. The Morgan fingerprint density at radius 1 is 1.33 bits per heavy atom. The number of halogens is 2. The lowest BCUT2D eigenvalue weighted by atomic mass is 10.2. The van der Waals surface area contributed by atoms with E-state index in [1.54, 1.807) is 38.4 Å². The minimum absolute atomic E-state index is 0.105. The topological polar surface area (TPSA) is 108 Å². The molecular formula is C19H20ClFN6O3. The number of carbonyl (C=O) groups is 1. The smallest absolute Gasteiger partial charge is 0.358 e. The molecule has 30 heavy (non-hydrogen) atoms. The molecule has 0 radical (unpaired) electrons. The number of nitrogens with zero attached hydrogens (tertiary/aromatic N) is 5. The van der Waals surface area contributed by atoms with Gasteiger partial charge in [-0.3, -0.25) is 9.48 Å². The van der Waals surface area contributed by atoms with E-state index < -0.39 is 22.7 Å². The van der Waals surface area contributed by atoms with E-state index in [0.717, 1.165) is 0 Å². The van der Waals surface area contributed by atoms with Crippen molar-refractivity contribution in [1.29, 1.82) is 0 Å². The SMILES string of the molecule is Cc1nn(Cc2c(F)cccc2Cl)c(C)c1NC(=O)C(C)n1nc([N+](=O)[O-])cc1C. The molecule has 0 fully saturated rings. The number of benzene rings is 1. The number of aromatic nitrogens is 4. The number of hydrogen-bond acceptors (Lipinski definition) is 5. The van der Waals surface area contributed by atoms with Gasteiger partial charge in [0.2, 0.25) is 0 Å². The van der Waals surface area contributed by atoms with E-state index in [1.165, 1.54) is 22.9 Å². The minimum atomic E-state index is -0.790. The third-order valence-corrected chi connectivity index (χ3v) is 5.20. The van der Waals surface area contributed by atoms with Gasteiger partial charge in [-0.15, -0.1) is 0 Å². The molecule has 0 saturated carbocycles. The normalized spacial score (nSPS) is 12.1. The molecule has 1 amide bonds. The highest BCUT2D eigenvalue weighted by Gasteiger charge is 2.26. The highest BCUT2D eigenvalue weighted by Crippen LogP contribution is 2.25. The number of hydrogen-bond donors (Lipinski definition) is 1. The largest absolute Gasteiger partial charge is 0.390 e. The average Bonchev–Trinajstić information content (AvgIpc) is 3.19.